The number of aromatic nitrogens is 3. The van der Waals surface area contributed by atoms with E-state index in [2.05, 4.69) is 30.7 Å². The number of hydrogen-bond acceptors (Lipinski definition) is 6. The fraction of sp³-hybridized carbons (Fsp3) is 0.565. The Morgan fingerprint density at radius 1 is 1.25 bits per heavy atom. The SMILES string of the molecule is CC(=O)N1CCC2(CC1)CC(=O)N(Cc1cc3cnc(C#N)nc3n1CC(C)(C)C)C2=O. The lowest BCUT2D eigenvalue weighted by Crippen LogP contribution is -2.46. The molecule has 9 heteroatoms. The smallest absolute Gasteiger partial charge is 0.236 e. The summed E-state index contributed by atoms with van der Waals surface area (Å²) in [6.45, 7) is 9.59. The lowest BCUT2D eigenvalue weighted by molar-refractivity contribution is -0.145. The molecular weight excluding hydrogens is 408 g/mol. The summed E-state index contributed by atoms with van der Waals surface area (Å²) in [7, 11) is 0. The average Bonchev–Trinajstić information content (AvgIpc) is 3.16. The summed E-state index contributed by atoms with van der Waals surface area (Å²) < 4.78 is 1.99. The third-order valence-electron chi connectivity index (χ3n) is 6.43. The Balaban J connectivity index is 1.65. The number of carbonyl (C=O) groups is 3. The van der Waals surface area contributed by atoms with E-state index < -0.39 is 5.41 Å². The molecule has 4 heterocycles. The quantitative estimate of drug-likeness (QED) is 0.682. The minimum Gasteiger partial charge on any atom is -0.343 e. The molecule has 32 heavy (non-hydrogen) atoms. The van der Waals surface area contributed by atoms with Gasteiger partial charge in [-0.1, -0.05) is 20.8 Å². The van der Waals surface area contributed by atoms with Crippen LogP contribution in [0.2, 0.25) is 0 Å². The topological polar surface area (TPSA) is 112 Å². The van der Waals surface area contributed by atoms with Gasteiger partial charge >= 0.3 is 0 Å². The van der Waals surface area contributed by atoms with Gasteiger partial charge in [-0.2, -0.15) is 5.26 Å². The summed E-state index contributed by atoms with van der Waals surface area (Å²) in [5, 5.41) is 9.98. The predicted octanol–water partition coefficient (Wildman–Crippen LogP) is 2.24. The van der Waals surface area contributed by atoms with Crippen LogP contribution in [0, 0.1) is 22.2 Å². The summed E-state index contributed by atoms with van der Waals surface area (Å²) in [5.41, 5.74) is 0.625. The molecule has 2 aliphatic heterocycles. The van der Waals surface area contributed by atoms with E-state index in [1.165, 1.54) is 11.8 Å². The molecule has 0 N–H and O–H groups in total. The fourth-order valence-corrected chi connectivity index (χ4v) is 4.75. The monoisotopic (exact) mass is 436 g/mol. The normalized spacial score (nSPS) is 18.6. The Bertz CT molecular complexity index is 1140. The Morgan fingerprint density at radius 3 is 2.53 bits per heavy atom. The van der Waals surface area contributed by atoms with Gasteiger partial charge in [0.2, 0.25) is 23.5 Å². The predicted molar refractivity (Wildman–Crippen MR) is 116 cm³/mol. The van der Waals surface area contributed by atoms with Crippen LogP contribution in [0.15, 0.2) is 12.3 Å². The van der Waals surface area contributed by atoms with Crippen molar-refractivity contribution in [2.45, 2.75) is 60.0 Å². The van der Waals surface area contributed by atoms with E-state index in [-0.39, 0.29) is 41.9 Å². The van der Waals surface area contributed by atoms with Gasteiger partial charge < -0.3 is 9.47 Å². The van der Waals surface area contributed by atoms with Gasteiger partial charge in [0.05, 0.1) is 12.0 Å². The van der Waals surface area contributed by atoms with E-state index in [1.807, 2.05) is 16.7 Å². The van der Waals surface area contributed by atoms with Crippen molar-refractivity contribution in [1.82, 2.24) is 24.3 Å². The molecule has 3 amide bonds. The molecule has 2 saturated heterocycles. The first kappa shape index (κ1) is 21.9. The first-order valence-electron chi connectivity index (χ1n) is 10.9. The molecule has 9 nitrogen and oxygen atoms in total. The fourth-order valence-electron chi connectivity index (χ4n) is 4.75. The third kappa shape index (κ3) is 3.85. The maximum Gasteiger partial charge on any atom is 0.236 e. The number of nitriles is 1. The van der Waals surface area contributed by atoms with Crippen LogP contribution in [0.4, 0.5) is 0 Å². The van der Waals surface area contributed by atoms with Crippen LogP contribution < -0.4 is 0 Å². The summed E-state index contributed by atoms with van der Waals surface area (Å²) in [6.07, 6.45) is 2.82. The zero-order valence-corrected chi connectivity index (χ0v) is 19.0. The lowest BCUT2D eigenvalue weighted by Gasteiger charge is -2.37. The highest BCUT2D eigenvalue weighted by Crippen LogP contribution is 2.43. The van der Waals surface area contributed by atoms with E-state index in [4.69, 9.17) is 0 Å². The largest absolute Gasteiger partial charge is 0.343 e. The molecule has 1 spiro atoms. The highest BCUT2D eigenvalue weighted by molar-refractivity contribution is 6.06. The van der Waals surface area contributed by atoms with Crippen molar-refractivity contribution < 1.29 is 14.4 Å². The molecule has 0 aromatic carbocycles. The van der Waals surface area contributed by atoms with Crippen molar-refractivity contribution in [1.29, 1.82) is 5.26 Å². The maximum atomic E-state index is 13.4. The molecule has 0 unspecified atom stereocenters. The van der Waals surface area contributed by atoms with E-state index in [0.29, 0.717) is 38.1 Å². The molecule has 0 radical (unpaired) electrons. The van der Waals surface area contributed by atoms with Crippen molar-refractivity contribution in [3.05, 3.63) is 23.8 Å². The minimum atomic E-state index is -0.711. The van der Waals surface area contributed by atoms with Gasteiger partial charge in [0, 0.05) is 50.3 Å². The summed E-state index contributed by atoms with van der Waals surface area (Å²) in [4.78, 5) is 49.5. The van der Waals surface area contributed by atoms with Crippen molar-refractivity contribution in [3.63, 3.8) is 0 Å². The van der Waals surface area contributed by atoms with Crippen molar-refractivity contribution in [3.8, 4) is 6.07 Å². The molecule has 0 bridgehead atoms. The molecule has 2 aromatic heterocycles. The van der Waals surface area contributed by atoms with E-state index >= 15 is 0 Å². The zero-order valence-electron chi connectivity index (χ0n) is 19.0. The standard InChI is InChI=1S/C23H28N6O3/c1-15(30)27-7-5-23(6-8-27)10-19(31)28(21(23)32)13-17-9-16-12-25-18(11-24)26-20(16)29(17)14-22(2,3)4/h9,12H,5-8,10,13-14H2,1-4H3. The molecule has 2 fully saturated rings. The van der Waals surface area contributed by atoms with Crippen LogP contribution in [0.25, 0.3) is 11.0 Å². The maximum absolute atomic E-state index is 13.4. The number of hydrogen-bond donors (Lipinski definition) is 0. The van der Waals surface area contributed by atoms with Crippen LogP contribution in [0.3, 0.4) is 0 Å². The number of amides is 3. The van der Waals surface area contributed by atoms with Crippen LogP contribution >= 0.6 is 0 Å². The van der Waals surface area contributed by atoms with Crippen molar-refractivity contribution in [2.75, 3.05) is 13.1 Å². The van der Waals surface area contributed by atoms with Crippen LogP contribution in [-0.2, 0) is 27.5 Å². The molecule has 2 aromatic rings. The summed E-state index contributed by atoms with van der Waals surface area (Å²) >= 11 is 0. The van der Waals surface area contributed by atoms with Crippen LogP contribution in [0.5, 0.6) is 0 Å². The first-order valence-corrected chi connectivity index (χ1v) is 10.9. The number of carbonyl (C=O) groups excluding carboxylic acids is 3. The van der Waals surface area contributed by atoms with Gasteiger partial charge in [0.1, 0.15) is 11.7 Å². The summed E-state index contributed by atoms with van der Waals surface area (Å²) in [5.74, 6) is -0.246. The Morgan fingerprint density at radius 2 is 1.94 bits per heavy atom. The van der Waals surface area contributed by atoms with E-state index in [1.54, 1.807) is 11.1 Å². The number of rotatable bonds is 3. The highest BCUT2D eigenvalue weighted by atomic mass is 16.2. The lowest BCUT2D eigenvalue weighted by atomic mass is 9.77. The van der Waals surface area contributed by atoms with Gasteiger partial charge in [0.25, 0.3) is 0 Å². The Kier molecular flexibility index (Phi) is 5.27. The molecule has 0 atom stereocenters. The number of nitrogens with zero attached hydrogens (tertiary/aromatic N) is 6. The molecule has 2 aliphatic rings. The molecule has 4 rings (SSSR count). The average molecular weight is 437 g/mol. The minimum absolute atomic E-state index is 0.00183. The number of piperidine rings is 1. The second kappa shape index (κ2) is 7.69. The van der Waals surface area contributed by atoms with Crippen LogP contribution in [0.1, 0.15) is 58.5 Å². The van der Waals surface area contributed by atoms with Gasteiger partial charge in [-0.05, 0) is 24.3 Å². The van der Waals surface area contributed by atoms with Gasteiger partial charge in [-0.3, -0.25) is 19.3 Å². The molecule has 0 saturated carbocycles. The first-order chi connectivity index (χ1) is 15.0. The molecule has 0 aliphatic carbocycles. The van der Waals surface area contributed by atoms with Crippen molar-refractivity contribution in [2.24, 2.45) is 10.8 Å². The second-order valence-electron chi connectivity index (χ2n) is 10.1. The van der Waals surface area contributed by atoms with Gasteiger partial charge in [0.15, 0.2) is 0 Å². The van der Waals surface area contributed by atoms with E-state index in [9.17, 15) is 19.6 Å². The van der Waals surface area contributed by atoms with E-state index in [0.717, 1.165) is 11.1 Å². The van der Waals surface area contributed by atoms with Gasteiger partial charge in [-0.15, -0.1) is 0 Å². The second-order valence-corrected chi connectivity index (χ2v) is 10.1. The molecule has 168 valence electrons. The Labute approximate surface area is 187 Å². The zero-order chi connectivity index (χ0) is 23.3. The third-order valence-corrected chi connectivity index (χ3v) is 6.43. The highest BCUT2D eigenvalue weighted by Gasteiger charge is 2.52. The van der Waals surface area contributed by atoms with Crippen molar-refractivity contribution >= 4 is 28.8 Å². The number of likely N-dealkylation sites (tertiary alicyclic amines) is 2. The number of fused-ring (bicyclic) bond motifs is 1. The summed E-state index contributed by atoms with van der Waals surface area (Å²) in [6, 6.07) is 3.87. The number of imide groups is 1. The van der Waals surface area contributed by atoms with Crippen LogP contribution in [-0.4, -0.2) is 55.1 Å². The van der Waals surface area contributed by atoms with Gasteiger partial charge in [-0.25, -0.2) is 9.97 Å². The molecular formula is C23H28N6O3. The Hall–Kier alpha value is -3.28.